The summed E-state index contributed by atoms with van der Waals surface area (Å²) in [4.78, 5) is 36.4. The summed E-state index contributed by atoms with van der Waals surface area (Å²) in [6.45, 7) is 1.61. The van der Waals surface area contributed by atoms with Crippen LogP contribution in [0.1, 0.15) is 6.92 Å². The Morgan fingerprint density at radius 1 is 1.50 bits per heavy atom. The predicted molar refractivity (Wildman–Crippen MR) is 78.4 cm³/mol. The number of benzene rings is 1. The van der Waals surface area contributed by atoms with Crippen molar-refractivity contribution in [2.24, 2.45) is 0 Å². The average Bonchev–Trinajstić information content (AvgIpc) is 2.84. The molecule has 1 aliphatic heterocycles. The fourth-order valence-electron chi connectivity index (χ4n) is 2.15. The Bertz CT molecular complexity index is 560. The van der Waals surface area contributed by atoms with Crippen LogP contribution in [0.4, 0.5) is 16.2 Å². The molecule has 1 aromatic rings. The second kappa shape index (κ2) is 6.90. The third-order valence-corrected chi connectivity index (χ3v) is 3.14. The number of hydrogen-bond donors (Lipinski definition) is 2. The lowest BCUT2D eigenvalue weighted by Gasteiger charge is -2.18. The van der Waals surface area contributed by atoms with Gasteiger partial charge < -0.3 is 20.1 Å². The van der Waals surface area contributed by atoms with Crippen LogP contribution in [0, 0.1) is 0 Å². The van der Waals surface area contributed by atoms with E-state index in [0.717, 1.165) is 0 Å². The molecule has 0 spiro atoms. The first kappa shape index (κ1) is 15.8. The second-order valence-electron chi connectivity index (χ2n) is 4.72. The van der Waals surface area contributed by atoms with Gasteiger partial charge in [0.15, 0.2) is 6.23 Å². The Morgan fingerprint density at radius 3 is 2.73 bits per heavy atom. The number of nitrogens with zero attached hydrogens (tertiary/aromatic N) is 2. The van der Waals surface area contributed by atoms with Gasteiger partial charge in [-0.15, -0.1) is 0 Å². The number of anilines is 2. The van der Waals surface area contributed by atoms with E-state index in [2.05, 4.69) is 5.32 Å². The van der Waals surface area contributed by atoms with Crippen molar-refractivity contribution < 1.29 is 24.2 Å². The Kier molecular flexibility index (Phi) is 4.95. The molecule has 0 aliphatic carbocycles. The molecule has 0 unspecified atom stereocenters. The third kappa shape index (κ3) is 3.53. The van der Waals surface area contributed by atoms with Crippen molar-refractivity contribution in [3.8, 4) is 0 Å². The summed E-state index contributed by atoms with van der Waals surface area (Å²) in [5.74, 6) is -0.277. The van der Waals surface area contributed by atoms with Crippen LogP contribution < -0.4 is 15.1 Å². The molecule has 1 atom stereocenters. The highest BCUT2D eigenvalue weighted by Crippen LogP contribution is 2.24. The van der Waals surface area contributed by atoms with Crippen molar-refractivity contribution in [3.05, 3.63) is 24.3 Å². The van der Waals surface area contributed by atoms with Crippen molar-refractivity contribution in [1.82, 2.24) is 5.32 Å². The molecular weight excluding hydrogens is 290 g/mol. The highest BCUT2D eigenvalue weighted by molar-refractivity contribution is 5.90. The molecule has 118 valence electrons. The van der Waals surface area contributed by atoms with Crippen LogP contribution in [0.2, 0.25) is 0 Å². The van der Waals surface area contributed by atoms with Gasteiger partial charge in [-0.25, -0.2) is 4.79 Å². The molecule has 1 fully saturated rings. The van der Waals surface area contributed by atoms with Crippen molar-refractivity contribution in [1.29, 1.82) is 0 Å². The van der Waals surface area contributed by atoms with Gasteiger partial charge in [-0.2, -0.15) is 0 Å². The van der Waals surface area contributed by atoms with Crippen LogP contribution in [0.3, 0.4) is 0 Å². The molecule has 0 saturated carbocycles. The van der Waals surface area contributed by atoms with E-state index in [1.165, 1.54) is 16.7 Å². The molecule has 2 rings (SSSR count). The van der Waals surface area contributed by atoms with E-state index in [0.29, 0.717) is 17.8 Å². The first-order valence-electron chi connectivity index (χ1n) is 6.73. The van der Waals surface area contributed by atoms with Gasteiger partial charge in [0, 0.05) is 24.8 Å². The maximum atomic E-state index is 11.8. The van der Waals surface area contributed by atoms with Crippen LogP contribution in [0.25, 0.3) is 0 Å². The summed E-state index contributed by atoms with van der Waals surface area (Å²) < 4.78 is 5.03. The fourth-order valence-corrected chi connectivity index (χ4v) is 2.15. The lowest BCUT2D eigenvalue weighted by atomic mass is 10.2. The number of ether oxygens (including phenoxy) is 1. The lowest BCUT2D eigenvalue weighted by Crippen LogP contribution is -2.36. The van der Waals surface area contributed by atoms with Crippen LogP contribution >= 0.6 is 0 Å². The third-order valence-electron chi connectivity index (χ3n) is 3.14. The minimum Gasteiger partial charge on any atom is -0.423 e. The van der Waals surface area contributed by atoms with Gasteiger partial charge in [-0.05, 0) is 24.3 Å². The smallest absolute Gasteiger partial charge is 0.416 e. The Hall–Kier alpha value is -2.61. The van der Waals surface area contributed by atoms with E-state index in [1.54, 1.807) is 24.3 Å². The molecule has 22 heavy (non-hydrogen) atoms. The summed E-state index contributed by atoms with van der Waals surface area (Å²) in [5.41, 5.74) is 1.20. The Labute approximate surface area is 127 Å². The maximum absolute atomic E-state index is 11.8. The molecule has 3 amide bonds. The zero-order valence-corrected chi connectivity index (χ0v) is 12.1. The Balaban J connectivity index is 2.08. The molecule has 8 heteroatoms. The zero-order valence-electron chi connectivity index (χ0n) is 12.1. The molecule has 8 nitrogen and oxygen atoms in total. The average molecular weight is 307 g/mol. The number of hydrogen-bond acceptors (Lipinski definition) is 5. The standard InChI is InChI=1S/C14H17N3O5/c1-10(20)15-13-8-17(14(21)22-13)12-4-2-11(3-5-12)16(9-19)6-7-18/h2-5,9,13,18H,6-8H2,1H3,(H,15,20)/t13-/m1/s1. The summed E-state index contributed by atoms with van der Waals surface area (Å²) in [5, 5.41) is 11.4. The molecule has 2 N–H and O–H groups in total. The summed E-state index contributed by atoms with van der Waals surface area (Å²) >= 11 is 0. The van der Waals surface area contributed by atoms with E-state index in [1.807, 2.05) is 0 Å². The Morgan fingerprint density at radius 2 is 2.18 bits per heavy atom. The molecule has 1 heterocycles. The first-order valence-corrected chi connectivity index (χ1v) is 6.73. The first-order chi connectivity index (χ1) is 10.5. The molecule has 1 aromatic carbocycles. The van der Waals surface area contributed by atoms with Gasteiger partial charge in [-0.1, -0.05) is 0 Å². The van der Waals surface area contributed by atoms with E-state index in [4.69, 9.17) is 9.84 Å². The molecule has 0 aromatic heterocycles. The highest BCUT2D eigenvalue weighted by Gasteiger charge is 2.32. The number of rotatable bonds is 6. The monoisotopic (exact) mass is 307 g/mol. The largest absolute Gasteiger partial charge is 0.423 e. The number of cyclic esters (lactones) is 1. The maximum Gasteiger partial charge on any atom is 0.416 e. The van der Waals surface area contributed by atoms with Gasteiger partial charge in [0.1, 0.15) is 0 Å². The molecule has 0 bridgehead atoms. The minimum absolute atomic E-state index is 0.142. The number of nitrogens with one attached hydrogen (secondary N) is 1. The number of amides is 3. The quantitative estimate of drug-likeness (QED) is 0.724. The van der Waals surface area contributed by atoms with Crippen LogP contribution in [-0.2, 0) is 14.3 Å². The number of aliphatic hydroxyl groups excluding tert-OH is 1. The number of aliphatic hydroxyl groups is 1. The van der Waals surface area contributed by atoms with Crippen molar-refractivity contribution in [2.75, 3.05) is 29.5 Å². The van der Waals surface area contributed by atoms with Crippen molar-refractivity contribution in [2.45, 2.75) is 13.2 Å². The van der Waals surface area contributed by atoms with Gasteiger partial charge >= 0.3 is 6.09 Å². The van der Waals surface area contributed by atoms with E-state index in [9.17, 15) is 14.4 Å². The zero-order chi connectivity index (χ0) is 16.1. The van der Waals surface area contributed by atoms with Crippen LogP contribution in [-0.4, -0.2) is 49.4 Å². The molecule has 1 saturated heterocycles. The lowest BCUT2D eigenvalue weighted by molar-refractivity contribution is -0.121. The molecule has 0 radical (unpaired) electrons. The summed E-state index contributed by atoms with van der Waals surface area (Å²) in [6, 6.07) is 6.66. The SMILES string of the molecule is CC(=O)N[C@H]1CN(c2ccc(N(C=O)CCO)cc2)C(=O)O1. The van der Waals surface area contributed by atoms with Crippen molar-refractivity contribution in [3.63, 3.8) is 0 Å². The molecule has 1 aliphatic rings. The minimum atomic E-state index is -0.675. The normalized spacial score (nSPS) is 17.1. The predicted octanol–water partition coefficient (Wildman–Crippen LogP) is 0.0605. The van der Waals surface area contributed by atoms with E-state index >= 15 is 0 Å². The van der Waals surface area contributed by atoms with E-state index < -0.39 is 12.3 Å². The summed E-state index contributed by atoms with van der Waals surface area (Å²) in [7, 11) is 0. The van der Waals surface area contributed by atoms with Gasteiger partial charge in [0.25, 0.3) is 0 Å². The van der Waals surface area contributed by atoms with Crippen LogP contribution in [0.15, 0.2) is 24.3 Å². The summed E-state index contributed by atoms with van der Waals surface area (Å²) in [6.07, 6.45) is -0.595. The highest BCUT2D eigenvalue weighted by atomic mass is 16.6. The van der Waals surface area contributed by atoms with Crippen molar-refractivity contribution >= 4 is 29.8 Å². The number of carbonyl (C=O) groups is 3. The van der Waals surface area contributed by atoms with Gasteiger partial charge in [0.2, 0.25) is 12.3 Å². The number of carbonyl (C=O) groups excluding carboxylic acids is 3. The van der Waals surface area contributed by atoms with Gasteiger partial charge in [-0.3, -0.25) is 14.5 Å². The second-order valence-corrected chi connectivity index (χ2v) is 4.72. The molecular formula is C14H17N3O5. The van der Waals surface area contributed by atoms with E-state index in [-0.39, 0.29) is 25.6 Å². The van der Waals surface area contributed by atoms with Crippen LogP contribution in [0.5, 0.6) is 0 Å². The fraction of sp³-hybridized carbons (Fsp3) is 0.357. The van der Waals surface area contributed by atoms with Gasteiger partial charge in [0.05, 0.1) is 13.2 Å². The topological polar surface area (TPSA) is 99.2 Å².